The second kappa shape index (κ2) is 4.33. The van der Waals surface area contributed by atoms with E-state index in [1.807, 2.05) is 19.0 Å². The highest BCUT2D eigenvalue weighted by molar-refractivity contribution is 7.52. The van der Waals surface area contributed by atoms with Crippen molar-refractivity contribution in [2.75, 3.05) is 19.0 Å². The van der Waals surface area contributed by atoms with Crippen molar-refractivity contribution in [1.29, 1.82) is 0 Å². The van der Waals surface area contributed by atoms with Crippen molar-refractivity contribution in [3.8, 4) is 0 Å². The van der Waals surface area contributed by atoms with Crippen LogP contribution in [0.3, 0.4) is 0 Å². The lowest BCUT2D eigenvalue weighted by molar-refractivity contribution is 0.359. The van der Waals surface area contributed by atoms with Crippen molar-refractivity contribution in [1.82, 2.24) is 0 Å². The summed E-state index contributed by atoms with van der Waals surface area (Å²) in [5.41, 5.74) is 6.82. The van der Waals surface area contributed by atoms with E-state index in [0.29, 0.717) is 5.56 Å². The summed E-state index contributed by atoms with van der Waals surface area (Å²) >= 11 is 0. The van der Waals surface area contributed by atoms with Crippen molar-refractivity contribution in [2.45, 2.75) is 5.78 Å². The van der Waals surface area contributed by atoms with E-state index in [4.69, 9.17) is 15.5 Å². The highest BCUT2D eigenvalue weighted by Crippen LogP contribution is 2.48. The number of anilines is 1. The lowest BCUT2D eigenvalue weighted by atomic mass is 10.2. The molecule has 0 heterocycles. The summed E-state index contributed by atoms with van der Waals surface area (Å²) in [5, 5.41) is 0. The average Bonchev–Trinajstić information content (AvgIpc) is 2.15. The minimum Gasteiger partial charge on any atom is -0.378 e. The Kier molecular flexibility index (Phi) is 3.52. The molecular formula is C9H15N2O3P. The van der Waals surface area contributed by atoms with E-state index in [2.05, 4.69) is 0 Å². The van der Waals surface area contributed by atoms with Crippen LogP contribution in [0.4, 0.5) is 5.69 Å². The highest BCUT2D eigenvalue weighted by Gasteiger charge is 2.25. The van der Waals surface area contributed by atoms with Gasteiger partial charge in [-0.25, -0.2) is 0 Å². The van der Waals surface area contributed by atoms with E-state index in [-0.39, 0.29) is 0 Å². The summed E-state index contributed by atoms with van der Waals surface area (Å²) in [5.74, 6) is -1.24. The first-order valence-corrected chi connectivity index (χ1v) is 6.08. The van der Waals surface area contributed by atoms with E-state index in [1.165, 1.54) is 0 Å². The van der Waals surface area contributed by atoms with Crippen LogP contribution in [0.15, 0.2) is 24.3 Å². The van der Waals surface area contributed by atoms with Gasteiger partial charge < -0.3 is 20.4 Å². The van der Waals surface area contributed by atoms with Crippen molar-refractivity contribution in [3.05, 3.63) is 29.8 Å². The summed E-state index contributed by atoms with van der Waals surface area (Å²) in [6.07, 6.45) is 0. The predicted molar refractivity (Wildman–Crippen MR) is 59.7 cm³/mol. The van der Waals surface area contributed by atoms with Crippen LogP contribution < -0.4 is 10.6 Å². The first-order valence-electron chi connectivity index (χ1n) is 4.40. The fourth-order valence-electron chi connectivity index (χ4n) is 1.16. The number of nitrogens with zero attached hydrogens (tertiary/aromatic N) is 1. The normalized spacial score (nSPS) is 13.7. The average molecular weight is 230 g/mol. The second-order valence-corrected chi connectivity index (χ2v) is 5.25. The standard InChI is InChI=1S/C9H15N2O3P/c1-11(2)8-5-3-7(4-6-8)9(10)15(12,13)14/h3-6,9H,10H2,1-2H3,(H2,12,13,14)/t9-/m1/s1. The minimum absolute atomic E-state index is 0.439. The van der Waals surface area contributed by atoms with Gasteiger partial charge >= 0.3 is 7.60 Å². The molecule has 1 rings (SSSR count). The fraction of sp³-hybridized carbons (Fsp3) is 0.333. The van der Waals surface area contributed by atoms with Crippen LogP contribution in [-0.2, 0) is 4.57 Å². The molecule has 0 saturated carbocycles. The van der Waals surface area contributed by atoms with Crippen molar-refractivity contribution in [2.24, 2.45) is 5.73 Å². The molecule has 1 aromatic carbocycles. The molecule has 0 unspecified atom stereocenters. The molecule has 0 aliphatic heterocycles. The van der Waals surface area contributed by atoms with Crippen LogP contribution in [0.5, 0.6) is 0 Å². The largest absolute Gasteiger partial charge is 0.378 e. The summed E-state index contributed by atoms with van der Waals surface area (Å²) in [7, 11) is -0.480. The molecule has 0 aliphatic carbocycles. The Morgan fingerprint density at radius 2 is 1.73 bits per heavy atom. The Labute approximate surface area is 88.7 Å². The lowest BCUT2D eigenvalue weighted by Gasteiger charge is -2.16. The molecule has 1 aromatic rings. The summed E-state index contributed by atoms with van der Waals surface area (Å²) in [4.78, 5) is 19.7. The van der Waals surface area contributed by atoms with Gasteiger partial charge in [-0.3, -0.25) is 4.57 Å². The van der Waals surface area contributed by atoms with Gasteiger partial charge in [0.2, 0.25) is 0 Å². The molecular weight excluding hydrogens is 215 g/mol. The maximum absolute atomic E-state index is 10.9. The highest BCUT2D eigenvalue weighted by atomic mass is 31.2. The molecule has 0 radical (unpaired) electrons. The first-order chi connectivity index (χ1) is 6.82. The van der Waals surface area contributed by atoms with E-state index in [9.17, 15) is 4.57 Å². The van der Waals surface area contributed by atoms with Crippen LogP contribution in [0.2, 0.25) is 0 Å². The van der Waals surface area contributed by atoms with Gasteiger partial charge in [-0.15, -0.1) is 0 Å². The van der Waals surface area contributed by atoms with E-state index in [0.717, 1.165) is 5.69 Å². The molecule has 4 N–H and O–H groups in total. The molecule has 0 spiro atoms. The quantitative estimate of drug-likeness (QED) is 0.671. The Morgan fingerprint density at radius 3 is 2.07 bits per heavy atom. The number of hydrogen-bond acceptors (Lipinski definition) is 3. The summed E-state index contributed by atoms with van der Waals surface area (Å²) < 4.78 is 10.9. The number of rotatable bonds is 3. The topological polar surface area (TPSA) is 86.8 Å². The van der Waals surface area contributed by atoms with Crippen LogP contribution in [0.1, 0.15) is 11.3 Å². The predicted octanol–water partition coefficient (Wildman–Crippen LogP) is 0.888. The Morgan fingerprint density at radius 1 is 1.27 bits per heavy atom. The number of nitrogens with two attached hydrogens (primary N) is 1. The Bertz CT molecular complexity index is 371. The third-order valence-corrected chi connectivity index (χ3v) is 3.14. The molecule has 15 heavy (non-hydrogen) atoms. The maximum atomic E-state index is 10.9. The van der Waals surface area contributed by atoms with Gasteiger partial charge in [0.1, 0.15) is 5.78 Å². The second-order valence-electron chi connectivity index (χ2n) is 3.52. The molecule has 0 saturated heterocycles. The smallest absolute Gasteiger partial charge is 0.346 e. The summed E-state index contributed by atoms with van der Waals surface area (Å²) in [6, 6.07) is 6.79. The van der Waals surface area contributed by atoms with E-state index < -0.39 is 13.4 Å². The van der Waals surface area contributed by atoms with Gasteiger partial charge in [0.05, 0.1) is 0 Å². The molecule has 6 heteroatoms. The molecule has 0 bridgehead atoms. The van der Waals surface area contributed by atoms with Gasteiger partial charge in [0.25, 0.3) is 0 Å². The van der Waals surface area contributed by atoms with Crippen molar-refractivity contribution in [3.63, 3.8) is 0 Å². The Hall–Kier alpha value is -0.870. The third kappa shape index (κ3) is 3.04. The van der Waals surface area contributed by atoms with Gasteiger partial charge in [-0.2, -0.15) is 0 Å². The van der Waals surface area contributed by atoms with Crippen LogP contribution >= 0.6 is 7.60 Å². The summed E-state index contributed by atoms with van der Waals surface area (Å²) in [6.45, 7) is 0. The zero-order valence-corrected chi connectivity index (χ0v) is 9.56. The number of hydrogen-bond donors (Lipinski definition) is 3. The lowest BCUT2D eigenvalue weighted by Crippen LogP contribution is -2.12. The first kappa shape index (κ1) is 12.2. The van der Waals surface area contributed by atoms with Gasteiger partial charge in [-0.05, 0) is 17.7 Å². The molecule has 84 valence electrons. The third-order valence-electron chi connectivity index (χ3n) is 2.11. The number of benzene rings is 1. The monoisotopic (exact) mass is 230 g/mol. The van der Waals surface area contributed by atoms with E-state index >= 15 is 0 Å². The molecule has 0 aliphatic rings. The molecule has 0 aromatic heterocycles. The molecule has 1 atom stereocenters. The minimum atomic E-state index is -4.25. The molecule has 5 nitrogen and oxygen atoms in total. The van der Waals surface area contributed by atoms with E-state index in [1.54, 1.807) is 24.3 Å². The van der Waals surface area contributed by atoms with Crippen LogP contribution in [0.25, 0.3) is 0 Å². The molecule has 0 fully saturated rings. The van der Waals surface area contributed by atoms with Gasteiger partial charge in [0, 0.05) is 19.8 Å². The van der Waals surface area contributed by atoms with Crippen LogP contribution in [0, 0.1) is 0 Å². The zero-order chi connectivity index (χ0) is 11.6. The van der Waals surface area contributed by atoms with Gasteiger partial charge in [-0.1, -0.05) is 12.1 Å². The molecule has 0 amide bonds. The van der Waals surface area contributed by atoms with Crippen LogP contribution in [-0.4, -0.2) is 23.9 Å². The SMILES string of the molecule is CN(C)c1ccc([C@H](N)P(=O)(O)O)cc1. The van der Waals surface area contributed by atoms with Gasteiger partial charge in [0.15, 0.2) is 0 Å². The maximum Gasteiger partial charge on any atom is 0.346 e. The zero-order valence-electron chi connectivity index (χ0n) is 8.66. The Balaban J connectivity index is 2.94. The van der Waals surface area contributed by atoms with Crippen molar-refractivity contribution >= 4 is 13.3 Å². The van der Waals surface area contributed by atoms with Crippen molar-refractivity contribution < 1.29 is 14.4 Å². The fourth-order valence-corrected chi connectivity index (χ4v) is 1.72.